The third-order valence-corrected chi connectivity index (χ3v) is 1.30. The fourth-order valence-electron chi connectivity index (χ4n) is 0.681. The quantitative estimate of drug-likeness (QED) is 0.329. The van der Waals surface area contributed by atoms with Gasteiger partial charge in [0.25, 0.3) is 0 Å². The summed E-state index contributed by atoms with van der Waals surface area (Å²) in [5.41, 5.74) is 1.12. The molecular formula is C8H14N2. The summed E-state index contributed by atoms with van der Waals surface area (Å²) >= 11 is 0. The third kappa shape index (κ3) is 2.49. The number of nitrogens with zero attached hydrogens (tertiary/aromatic N) is 2. The molecule has 0 atom stereocenters. The molecule has 2 nitrogen and oxygen atoms in total. The highest BCUT2D eigenvalue weighted by Crippen LogP contribution is 2.05. The van der Waals surface area contributed by atoms with Gasteiger partial charge in [-0.1, -0.05) is 19.6 Å². The van der Waals surface area contributed by atoms with E-state index in [0.29, 0.717) is 0 Å². The predicted octanol–water partition coefficient (Wildman–Crippen LogP) is 2.01. The highest BCUT2D eigenvalue weighted by molar-refractivity contribution is 5.23. The van der Waals surface area contributed by atoms with Crippen molar-refractivity contribution < 1.29 is 0 Å². The minimum Gasteiger partial charge on any atom is -0.273 e. The SMILES string of the molecule is C=C/C=C(\CC)N(C)N=C. The molecule has 2 heteroatoms. The Hall–Kier alpha value is -1.05. The second kappa shape index (κ2) is 4.79. The molecule has 56 valence electrons. The largest absolute Gasteiger partial charge is 0.273 e. The summed E-state index contributed by atoms with van der Waals surface area (Å²) in [5.74, 6) is 0. The monoisotopic (exact) mass is 138 g/mol. The summed E-state index contributed by atoms with van der Waals surface area (Å²) < 4.78 is 0. The van der Waals surface area contributed by atoms with Crippen molar-refractivity contribution in [2.45, 2.75) is 13.3 Å². The van der Waals surface area contributed by atoms with Crippen LogP contribution in [0.4, 0.5) is 0 Å². The van der Waals surface area contributed by atoms with E-state index in [4.69, 9.17) is 0 Å². The summed E-state index contributed by atoms with van der Waals surface area (Å²) in [6.07, 6.45) is 4.62. The lowest BCUT2D eigenvalue weighted by Gasteiger charge is -2.13. The van der Waals surface area contributed by atoms with E-state index in [1.807, 2.05) is 13.1 Å². The van der Waals surface area contributed by atoms with E-state index < -0.39 is 0 Å². The van der Waals surface area contributed by atoms with Gasteiger partial charge in [0.05, 0.1) is 0 Å². The number of hydrogen-bond acceptors (Lipinski definition) is 2. The minimum atomic E-state index is 0.946. The van der Waals surface area contributed by atoms with Gasteiger partial charge in [0, 0.05) is 19.5 Å². The van der Waals surface area contributed by atoms with Crippen molar-refractivity contribution in [3.05, 3.63) is 24.4 Å². The third-order valence-electron chi connectivity index (χ3n) is 1.30. The van der Waals surface area contributed by atoms with Gasteiger partial charge in [0.15, 0.2) is 0 Å². The van der Waals surface area contributed by atoms with E-state index in [-0.39, 0.29) is 0 Å². The van der Waals surface area contributed by atoms with Crippen molar-refractivity contribution in [2.75, 3.05) is 7.05 Å². The Morgan fingerprint density at radius 1 is 1.70 bits per heavy atom. The molecule has 10 heavy (non-hydrogen) atoms. The van der Waals surface area contributed by atoms with Gasteiger partial charge in [-0.2, -0.15) is 5.10 Å². The average Bonchev–Trinajstić information content (AvgIpc) is 1.99. The van der Waals surface area contributed by atoms with Crippen LogP contribution in [0.15, 0.2) is 29.5 Å². The topological polar surface area (TPSA) is 15.6 Å². The molecule has 0 aliphatic carbocycles. The van der Waals surface area contributed by atoms with Gasteiger partial charge in [-0.05, 0) is 12.5 Å². The molecule has 0 fully saturated rings. The van der Waals surface area contributed by atoms with Gasteiger partial charge < -0.3 is 0 Å². The van der Waals surface area contributed by atoms with E-state index in [9.17, 15) is 0 Å². The maximum Gasteiger partial charge on any atom is 0.0361 e. The van der Waals surface area contributed by atoms with Gasteiger partial charge in [-0.25, -0.2) is 0 Å². The van der Waals surface area contributed by atoms with Crippen molar-refractivity contribution in [3.63, 3.8) is 0 Å². The normalized spacial score (nSPS) is 10.8. The van der Waals surface area contributed by atoms with Crippen LogP contribution in [0.25, 0.3) is 0 Å². The molecule has 0 rings (SSSR count). The molecule has 0 N–H and O–H groups in total. The molecule has 0 saturated heterocycles. The number of hydrazone groups is 1. The van der Waals surface area contributed by atoms with Gasteiger partial charge in [0.1, 0.15) is 0 Å². The average molecular weight is 138 g/mol. The summed E-state index contributed by atoms with van der Waals surface area (Å²) in [7, 11) is 1.87. The van der Waals surface area contributed by atoms with Crippen LogP contribution in [0.1, 0.15) is 13.3 Å². The lowest BCUT2D eigenvalue weighted by Crippen LogP contribution is -2.08. The van der Waals surface area contributed by atoms with Crippen LogP contribution in [0.5, 0.6) is 0 Å². The first kappa shape index (κ1) is 8.95. The Morgan fingerprint density at radius 2 is 2.30 bits per heavy atom. The standard InChI is InChI=1S/C8H14N2/c1-5-7-8(6-2)10(4)9-3/h5,7H,1,3,6H2,2,4H3/b8-7+. The molecule has 0 saturated carbocycles. The van der Waals surface area contributed by atoms with Crippen LogP contribution in [0.2, 0.25) is 0 Å². The van der Waals surface area contributed by atoms with E-state index in [1.54, 1.807) is 11.1 Å². The lowest BCUT2D eigenvalue weighted by molar-refractivity contribution is 0.436. The van der Waals surface area contributed by atoms with E-state index in [0.717, 1.165) is 12.1 Å². The number of hydrogen-bond donors (Lipinski definition) is 0. The fraction of sp³-hybridized carbons (Fsp3) is 0.375. The summed E-state index contributed by atoms with van der Waals surface area (Å²) in [6, 6.07) is 0. The van der Waals surface area contributed by atoms with Gasteiger partial charge in [-0.3, -0.25) is 5.01 Å². The maximum atomic E-state index is 3.75. The molecule has 0 aromatic carbocycles. The number of rotatable bonds is 4. The molecule has 0 aliphatic heterocycles. The zero-order chi connectivity index (χ0) is 7.98. The number of allylic oxidation sites excluding steroid dienone is 3. The molecule has 0 spiro atoms. The van der Waals surface area contributed by atoms with E-state index >= 15 is 0 Å². The molecule has 0 aromatic rings. The molecule has 0 heterocycles. The Morgan fingerprint density at radius 3 is 2.60 bits per heavy atom. The van der Waals surface area contributed by atoms with Crippen molar-refractivity contribution in [2.24, 2.45) is 5.10 Å². The summed E-state index contributed by atoms with van der Waals surface area (Å²) in [6.45, 7) is 9.08. The predicted molar refractivity (Wildman–Crippen MR) is 45.9 cm³/mol. The molecule has 0 unspecified atom stereocenters. The Labute approximate surface area is 62.5 Å². The first-order valence-electron chi connectivity index (χ1n) is 3.28. The van der Waals surface area contributed by atoms with Crippen LogP contribution >= 0.6 is 0 Å². The van der Waals surface area contributed by atoms with Crippen molar-refractivity contribution in [1.29, 1.82) is 0 Å². The van der Waals surface area contributed by atoms with Crippen LogP contribution in [0, 0.1) is 0 Å². The summed E-state index contributed by atoms with van der Waals surface area (Å²) in [5, 5.41) is 5.48. The van der Waals surface area contributed by atoms with Gasteiger partial charge >= 0.3 is 0 Å². The highest BCUT2D eigenvalue weighted by atomic mass is 15.4. The van der Waals surface area contributed by atoms with E-state index in [2.05, 4.69) is 25.3 Å². The van der Waals surface area contributed by atoms with Crippen LogP contribution in [0.3, 0.4) is 0 Å². The molecule has 0 bridgehead atoms. The van der Waals surface area contributed by atoms with E-state index in [1.165, 1.54) is 0 Å². The molecule has 0 radical (unpaired) electrons. The fourth-order valence-corrected chi connectivity index (χ4v) is 0.681. The molecule has 0 amide bonds. The Bertz CT molecular complexity index is 147. The van der Waals surface area contributed by atoms with Gasteiger partial charge in [0.2, 0.25) is 0 Å². The molecule has 0 aliphatic rings. The second-order valence-corrected chi connectivity index (χ2v) is 1.91. The zero-order valence-electron chi connectivity index (χ0n) is 6.67. The second-order valence-electron chi connectivity index (χ2n) is 1.91. The van der Waals surface area contributed by atoms with Crippen LogP contribution in [-0.2, 0) is 0 Å². The zero-order valence-corrected chi connectivity index (χ0v) is 6.67. The van der Waals surface area contributed by atoms with Crippen molar-refractivity contribution >= 4 is 6.72 Å². The Balaban J connectivity index is 4.18. The highest BCUT2D eigenvalue weighted by Gasteiger charge is 1.95. The summed E-state index contributed by atoms with van der Waals surface area (Å²) in [4.78, 5) is 0. The van der Waals surface area contributed by atoms with Crippen molar-refractivity contribution in [3.8, 4) is 0 Å². The first-order chi connectivity index (χ1) is 4.76. The lowest BCUT2D eigenvalue weighted by atomic mass is 10.3. The first-order valence-corrected chi connectivity index (χ1v) is 3.28. The Kier molecular flexibility index (Phi) is 4.29. The van der Waals surface area contributed by atoms with Gasteiger partial charge in [-0.15, -0.1) is 0 Å². The maximum absolute atomic E-state index is 3.75. The molecule has 0 aromatic heterocycles. The molecular weight excluding hydrogens is 124 g/mol. The van der Waals surface area contributed by atoms with Crippen LogP contribution in [-0.4, -0.2) is 18.8 Å². The van der Waals surface area contributed by atoms with Crippen LogP contribution < -0.4 is 0 Å². The van der Waals surface area contributed by atoms with Crippen molar-refractivity contribution in [1.82, 2.24) is 5.01 Å². The minimum absolute atomic E-state index is 0.946. The smallest absolute Gasteiger partial charge is 0.0361 e.